The van der Waals surface area contributed by atoms with Crippen LogP contribution in [0, 0.1) is 5.92 Å². The van der Waals surface area contributed by atoms with Gasteiger partial charge in [-0.05, 0) is 18.8 Å². The molecule has 0 aliphatic heterocycles. The van der Waals surface area contributed by atoms with Gasteiger partial charge < -0.3 is 18.2 Å². The largest absolute Gasteiger partial charge is 0.492 e. The molecule has 0 heterocycles. The minimum absolute atomic E-state index is 0.0378. The Morgan fingerprint density at radius 1 is 1.13 bits per heavy atom. The first-order valence-electron chi connectivity index (χ1n) is 7.10. The Bertz CT molecular complexity index is 538. The van der Waals surface area contributed by atoms with Gasteiger partial charge in [0.2, 0.25) is 0 Å². The number of rotatable bonds is 8. The number of ether oxygens (including phenoxy) is 1. The number of halogens is 2. The van der Waals surface area contributed by atoms with Crippen molar-refractivity contribution < 1.29 is 23.0 Å². The minimum Gasteiger partial charge on any atom is -0.492 e. The number of carboxylic acids is 1. The van der Waals surface area contributed by atoms with E-state index in [1.165, 1.54) is 19.3 Å². The van der Waals surface area contributed by atoms with Gasteiger partial charge in [-0.3, -0.25) is 0 Å². The number of carbonyl (C=O) groups is 1. The molecule has 0 atom stereocenters. The fourth-order valence-electron chi connectivity index (χ4n) is 2.64. The predicted molar refractivity (Wildman–Crippen MR) is 110 cm³/mol. The minimum atomic E-state index is -1.07. The fraction of sp³-hybridized carbons (Fsp3) is 0.500. The van der Waals surface area contributed by atoms with Gasteiger partial charge in [-0.25, -0.2) is 4.79 Å². The van der Waals surface area contributed by atoms with Crippen LogP contribution in [0.2, 0.25) is 0 Å². The van der Waals surface area contributed by atoms with Gasteiger partial charge in [-0.15, -0.1) is 0 Å². The molecule has 128 valence electrons. The summed E-state index contributed by atoms with van der Waals surface area (Å²) in [4.78, 5) is 11.6. The van der Waals surface area contributed by atoms with Crippen LogP contribution in [-0.4, -0.2) is 17.7 Å². The highest BCUT2D eigenvalue weighted by molar-refractivity contribution is 14.2. The van der Waals surface area contributed by atoms with Gasteiger partial charge in [0.15, 0.2) is 5.75 Å². The summed E-state index contributed by atoms with van der Waals surface area (Å²) < 4.78 is 16.6. The quantitative estimate of drug-likeness (QED) is 0.294. The second-order valence-electron chi connectivity index (χ2n) is 5.21. The van der Waals surface area contributed by atoms with Gasteiger partial charge in [0.25, 0.3) is 0 Å². The summed E-state index contributed by atoms with van der Waals surface area (Å²) in [5.74, 6) is 0.452. The summed E-state index contributed by atoms with van der Waals surface area (Å²) in [5, 5.41) is 9.51. The molecule has 1 fully saturated rings. The number of hydrogen-bond donors (Lipinski definition) is 1. The molecular formula is C14H16I2O5S2. The zero-order chi connectivity index (χ0) is 16.7. The summed E-state index contributed by atoms with van der Waals surface area (Å²) in [6, 6.07) is 3.18. The van der Waals surface area contributed by atoms with Crippen molar-refractivity contribution in [1.82, 2.24) is 0 Å². The van der Waals surface area contributed by atoms with Gasteiger partial charge in [0.05, 0.1) is 6.61 Å². The monoisotopic (exact) mass is 582 g/mol. The van der Waals surface area contributed by atoms with Crippen molar-refractivity contribution in [3.8, 4) is 17.2 Å². The van der Waals surface area contributed by atoms with Crippen LogP contribution >= 0.6 is 60.8 Å². The molecular weight excluding hydrogens is 566 g/mol. The summed E-state index contributed by atoms with van der Waals surface area (Å²) in [7, 11) is 2.21. The van der Waals surface area contributed by atoms with Crippen molar-refractivity contribution in [3.63, 3.8) is 0 Å². The van der Waals surface area contributed by atoms with Gasteiger partial charge in [0, 0.05) is 54.5 Å². The average molecular weight is 582 g/mol. The number of aromatic carboxylic acids is 1. The molecule has 0 amide bonds. The van der Waals surface area contributed by atoms with E-state index in [9.17, 15) is 9.90 Å². The second-order valence-corrected chi connectivity index (χ2v) is 7.95. The molecule has 0 spiro atoms. The molecule has 0 saturated heterocycles. The van der Waals surface area contributed by atoms with Crippen molar-refractivity contribution in [2.75, 3.05) is 6.61 Å². The van der Waals surface area contributed by atoms with E-state index in [0.29, 0.717) is 24.0 Å². The normalized spacial score (nSPS) is 15.2. The average Bonchev–Trinajstić information content (AvgIpc) is 2.54. The molecule has 9 heteroatoms. The van der Waals surface area contributed by atoms with Crippen molar-refractivity contribution in [3.05, 3.63) is 17.7 Å². The summed E-state index contributed by atoms with van der Waals surface area (Å²) in [6.07, 6.45) is 5.98. The number of hydrogen-bond acceptors (Lipinski definition) is 6. The van der Waals surface area contributed by atoms with Crippen molar-refractivity contribution in [2.24, 2.45) is 5.92 Å². The Labute approximate surface area is 168 Å². The molecule has 1 saturated carbocycles. The maximum atomic E-state index is 11.6. The molecule has 2 rings (SSSR count). The highest BCUT2D eigenvalue weighted by Crippen LogP contribution is 2.39. The van der Waals surface area contributed by atoms with E-state index in [1.807, 2.05) is 42.4 Å². The Hall–Kier alpha value is 0.250. The van der Waals surface area contributed by atoms with E-state index in [-0.39, 0.29) is 11.3 Å². The smallest absolute Gasteiger partial charge is 0.343 e. The Kier molecular flexibility index (Phi) is 8.76. The first-order chi connectivity index (χ1) is 11.2. The molecule has 1 aliphatic rings. The lowest BCUT2D eigenvalue weighted by Crippen LogP contribution is -2.16. The lowest BCUT2D eigenvalue weighted by Gasteiger charge is -2.22. The van der Waals surface area contributed by atoms with Crippen LogP contribution in [0.15, 0.2) is 12.1 Å². The Morgan fingerprint density at radius 3 is 2.39 bits per heavy atom. The number of carboxylic acid groups (broad SMARTS) is 1. The van der Waals surface area contributed by atoms with E-state index < -0.39 is 5.97 Å². The zero-order valence-corrected chi connectivity index (χ0v) is 18.1. The maximum absolute atomic E-state index is 11.6. The summed E-state index contributed by atoms with van der Waals surface area (Å²) in [5.41, 5.74) is 0.0378. The Balaban J connectivity index is 2.23. The highest BCUT2D eigenvalue weighted by atomic mass is 127. The summed E-state index contributed by atoms with van der Waals surface area (Å²) in [6.45, 7) is 0.526. The summed E-state index contributed by atoms with van der Waals surface area (Å²) >= 11 is 3.95. The van der Waals surface area contributed by atoms with Crippen LogP contribution in [-0.2, 0) is 0 Å². The van der Waals surface area contributed by atoms with Crippen molar-refractivity contribution >= 4 is 66.8 Å². The van der Waals surface area contributed by atoms with Gasteiger partial charge in [0.1, 0.15) is 35.5 Å². The highest BCUT2D eigenvalue weighted by Gasteiger charge is 2.23. The molecule has 0 aromatic heterocycles. The molecule has 5 nitrogen and oxygen atoms in total. The topological polar surface area (TPSA) is 65.0 Å². The van der Waals surface area contributed by atoms with E-state index in [2.05, 4.69) is 0 Å². The van der Waals surface area contributed by atoms with Crippen LogP contribution in [0.3, 0.4) is 0 Å². The molecule has 1 aromatic carbocycles. The first kappa shape index (κ1) is 19.6. The second kappa shape index (κ2) is 10.3. The standard InChI is InChI=1S/C14H16I2O5S2/c15-22-20-10-6-11(19-8-9-4-2-1-3-5-9)13(14(17)18)12(7-10)21-23-16/h6-7,9H,1-5,8H2,(H,17,18). The van der Waals surface area contributed by atoms with Crippen LogP contribution in [0.25, 0.3) is 0 Å². The van der Waals surface area contributed by atoms with Gasteiger partial charge in [-0.2, -0.15) is 0 Å². The van der Waals surface area contributed by atoms with Crippen molar-refractivity contribution in [2.45, 2.75) is 32.1 Å². The van der Waals surface area contributed by atoms with E-state index in [0.717, 1.165) is 31.3 Å². The fourth-order valence-corrected chi connectivity index (χ4v) is 4.21. The van der Waals surface area contributed by atoms with E-state index in [1.54, 1.807) is 12.1 Å². The molecule has 1 aliphatic carbocycles. The van der Waals surface area contributed by atoms with E-state index in [4.69, 9.17) is 13.1 Å². The zero-order valence-electron chi connectivity index (χ0n) is 12.1. The van der Waals surface area contributed by atoms with Gasteiger partial charge >= 0.3 is 5.97 Å². The molecule has 0 unspecified atom stereocenters. The third-order valence-corrected chi connectivity index (χ3v) is 5.28. The molecule has 1 N–H and O–H groups in total. The third-order valence-electron chi connectivity index (χ3n) is 3.70. The first-order valence-corrected chi connectivity index (χ1v) is 13.7. The van der Waals surface area contributed by atoms with Crippen LogP contribution in [0.5, 0.6) is 17.2 Å². The molecule has 0 radical (unpaired) electrons. The third kappa shape index (κ3) is 5.92. The maximum Gasteiger partial charge on any atom is 0.343 e. The van der Waals surface area contributed by atoms with Crippen LogP contribution in [0.4, 0.5) is 0 Å². The molecule has 23 heavy (non-hydrogen) atoms. The predicted octanol–water partition coefficient (Wildman–Crippen LogP) is 6.10. The van der Waals surface area contributed by atoms with E-state index >= 15 is 0 Å². The van der Waals surface area contributed by atoms with Gasteiger partial charge in [-0.1, -0.05) is 19.3 Å². The van der Waals surface area contributed by atoms with Crippen LogP contribution < -0.4 is 13.1 Å². The molecule has 1 aromatic rings. The Morgan fingerprint density at radius 2 is 1.78 bits per heavy atom. The lowest BCUT2D eigenvalue weighted by molar-refractivity contribution is 0.0688. The molecule has 0 bridgehead atoms. The SMILES string of the molecule is O=C(O)c1c(OCC2CCCCC2)cc(OSI)cc1OSI. The lowest BCUT2D eigenvalue weighted by atomic mass is 9.90. The van der Waals surface area contributed by atoms with Crippen LogP contribution in [0.1, 0.15) is 42.5 Å². The van der Waals surface area contributed by atoms with Crippen molar-refractivity contribution in [1.29, 1.82) is 0 Å². The number of benzene rings is 1.